The zero-order valence-corrected chi connectivity index (χ0v) is 16.7. The third kappa shape index (κ3) is 6.05. The highest BCUT2D eigenvalue weighted by molar-refractivity contribution is 5.94. The van der Waals surface area contributed by atoms with Crippen LogP contribution in [0.4, 0.5) is 5.82 Å². The summed E-state index contributed by atoms with van der Waals surface area (Å²) in [5.74, 6) is 0.933. The number of amides is 2. The van der Waals surface area contributed by atoms with Crippen LogP contribution in [0, 0.1) is 11.8 Å². The predicted molar refractivity (Wildman–Crippen MR) is 105 cm³/mol. The van der Waals surface area contributed by atoms with Gasteiger partial charge in [0.15, 0.2) is 0 Å². The Hall–Kier alpha value is -2.44. The Morgan fingerprint density at radius 1 is 1.30 bits per heavy atom. The number of piperidine rings is 1. The first-order valence-corrected chi connectivity index (χ1v) is 9.50. The maximum Gasteiger partial charge on any atom is 0.255 e. The first-order chi connectivity index (χ1) is 12.8. The lowest BCUT2D eigenvalue weighted by atomic mass is 9.89. The van der Waals surface area contributed by atoms with Gasteiger partial charge in [-0.15, -0.1) is 0 Å². The van der Waals surface area contributed by atoms with E-state index < -0.39 is 0 Å². The van der Waals surface area contributed by atoms with Crippen LogP contribution in [0.3, 0.4) is 0 Å². The number of anilines is 1. The lowest BCUT2D eigenvalue weighted by Crippen LogP contribution is -2.42. The second-order valence-electron chi connectivity index (χ2n) is 7.73. The van der Waals surface area contributed by atoms with Gasteiger partial charge in [0.1, 0.15) is 11.6 Å². The summed E-state index contributed by atoms with van der Waals surface area (Å²) in [6.45, 7) is 5.39. The molecule has 148 valence electrons. The van der Waals surface area contributed by atoms with E-state index in [1.54, 1.807) is 31.1 Å². The highest BCUT2D eigenvalue weighted by Crippen LogP contribution is 2.22. The maximum absolute atomic E-state index is 12.8. The van der Waals surface area contributed by atoms with Crippen LogP contribution in [-0.2, 0) is 9.59 Å². The standard InChI is InChI=1S/C20H30N4O3/c1-14(2)10-17(25)16-6-5-9-24(13-16)20(27)15-7-8-18(21-11-15)22-12-19(26)23(3)4/h7-8,11,14,16H,5-6,9-10,12-13H2,1-4H3,(H,21,22)/t16-/m1/s1. The molecule has 1 saturated heterocycles. The van der Waals surface area contributed by atoms with Crippen LogP contribution in [0.25, 0.3) is 0 Å². The van der Waals surface area contributed by atoms with E-state index in [2.05, 4.69) is 10.3 Å². The number of likely N-dealkylation sites (N-methyl/N-ethyl adjacent to an activating group) is 1. The number of rotatable bonds is 7. The molecule has 1 aromatic heterocycles. The molecule has 7 heteroatoms. The number of nitrogens with one attached hydrogen (secondary N) is 1. The van der Waals surface area contributed by atoms with Crippen molar-refractivity contribution in [2.75, 3.05) is 39.0 Å². The third-order valence-electron chi connectivity index (χ3n) is 4.70. The molecule has 0 radical (unpaired) electrons. The van der Waals surface area contributed by atoms with Crippen molar-refractivity contribution in [1.82, 2.24) is 14.8 Å². The van der Waals surface area contributed by atoms with Crippen LogP contribution in [0.2, 0.25) is 0 Å². The van der Waals surface area contributed by atoms with Gasteiger partial charge in [0.25, 0.3) is 5.91 Å². The number of carbonyl (C=O) groups excluding carboxylic acids is 3. The number of pyridine rings is 1. The van der Waals surface area contributed by atoms with Crippen LogP contribution in [0.5, 0.6) is 0 Å². The largest absolute Gasteiger partial charge is 0.361 e. The Labute approximate surface area is 161 Å². The molecule has 2 heterocycles. The van der Waals surface area contributed by atoms with Gasteiger partial charge in [-0.1, -0.05) is 13.8 Å². The van der Waals surface area contributed by atoms with Crippen molar-refractivity contribution in [3.63, 3.8) is 0 Å². The quantitative estimate of drug-likeness (QED) is 0.790. The number of hydrogen-bond donors (Lipinski definition) is 1. The third-order valence-corrected chi connectivity index (χ3v) is 4.70. The van der Waals surface area contributed by atoms with Gasteiger partial charge in [-0.05, 0) is 30.9 Å². The Balaban J connectivity index is 1.94. The molecule has 0 aliphatic carbocycles. The van der Waals surface area contributed by atoms with Gasteiger partial charge in [-0.25, -0.2) is 4.98 Å². The highest BCUT2D eigenvalue weighted by atomic mass is 16.2. The van der Waals surface area contributed by atoms with E-state index in [0.29, 0.717) is 36.8 Å². The molecule has 2 rings (SSSR count). The normalized spacial score (nSPS) is 16.9. The number of Topliss-reactive ketones (excluding diaryl/α,β-unsaturated/α-hetero) is 1. The fourth-order valence-corrected chi connectivity index (χ4v) is 3.13. The molecule has 1 fully saturated rings. The van der Waals surface area contributed by atoms with E-state index in [1.165, 1.54) is 11.1 Å². The van der Waals surface area contributed by atoms with Gasteiger partial charge >= 0.3 is 0 Å². The molecule has 0 aromatic carbocycles. The summed E-state index contributed by atoms with van der Waals surface area (Å²) in [7, 11) is 3.38. The number of hydrogen-bond acceptors (Lipinski definition) is 5. The average Bonchev–Trinajstić information content (AvgIpc) is 2.65. The topological polar surface area (TPSA) is 82.6 Å². The Morgan fingerprint density at radius 2 is 2.04 bits per heavy atom. The molecule has 0 unspecified atom stereocenters. The Bertz CT molecular complexity index is 670. The summed E-state index contributed by atoms with van der Waals surface area (Å²) < 4.78 is 0. The van der Waals surface area contributed by atoms with Gasteiger partial charge < -0.3 is 15.1 Å². The summed E-state index contributed by atoms with van der Waals surface area (Å²) in [6.07, 6.45) is 3.79. The van der Waals surface area contributed by atoms with E-state index in [-0.39, 0.29) is 30.1 Å². The average molecular weight is 374 g/mol. The minimum atomic E-state index is -0.0968. The first-order valence-electron chi connectivity index (χ1n) is 9.50. The Kier molecular flexibility index (Phi) is 7.33. The minimum absolute atomic E-state index is 0.0534. The van der Waals surface area contributed by atoms with Crippen LogP contribution in [0.15, 0.2) is 18.3 Å². The zero-order chi connectivity index (χ0) is 20.0. The first kappa shape index (κ1) is 20.9. The molecular weight excluding hydrogens is 344 g/mol. The van der Waals surface area contributed by atoms with Crippen LogP contribution < -0.4 is 5.32 Å². The molecule has 1 atom stereocenters. The van der Waals surface area contributed by atoms with Crippen LogP contribution in [-0.4, -0.2) is 66.1 Å². The van der Waals surface area contributed by atoms with Gasteiger partial charge in [0.05, 0.1) is 12.1 Å². The second kappa shape index (κ2) is 9.48. The SMILES string of the molecule is CC(C)CC(=O)[C@@H]1CCCN(C(=O)c2ccc(NCC(=O)N(C)C)nc2)C1. The fraction of sp³-hybridized carbons (Fsp3) is 0.600. The lowest BCUT2D eigenvalue weighted by Gasteiger charge is -2.32. The predicted octanol–water partition coefficient (Wildman–Crippen LogP) is 2.05. The van der Waals surface area contributed by atoms with E-state index in [9.17, 15) is 14.4 Å². The summed E-state index contributed by atoms with van der Waals surface area (Å²) in [5.41, 5.74) is 0.497. The number of aromatic nitrogens is 1. The summed E-state index contributed by atoms with van der Waals surface area (Å²) in [6, 6.07) is 3.40. The molecule has 1 aromatic rings. The molecule has 0 bridgehead atoms. The molecule has 27 heavy (non-hydrogen) atoms. The van der Waals surface area contributed by atoms with Crippen molar-refractivity contribution in [2.45, 2.75) is 33.1 Å². The molecule has 0 spiro atoms. The summed E-state index contributed by atoms with van der Waals surface area (Å²) in [4.78, 5) is 44.2. The van der Waals surface area contributed by atoms with E-state index in [1.807, 2.05) is 13.8 Å². The fourth-order valence-electron chi connectivity index (χ4n) is 3.13. The van der Waals surface area contributed by atoms with Gasteiger partial charge in [-0.3, -0.25) is 14.4 Å². The minimum Gasteiger partial charge on any atom is -0.361 e. The van der Waals surface area contributed by atoms with Crippen molar-refractivity contribution in [3.05, 3.63) is 23.9 Å². The van der Waals surface area contributed by atoms with Crippen molar-refractivity contribution in [3.8, 4) is 0 Å². The number of likely N-dealkylation sites (tertiary alicyclic amines) is 1. The van der Waals surface area contributed by atoms with Crippen LogP contribution >= 0.6 is 0 Å². The van der Waals surface area contributed by atoms with Crippen molar-refractivity contribution < 1.29 is 14.4 Å². The van der Waals surface area contributed by atoms with Gasteiger partial charge in [-0.2, -0.15) is 0 Å². The van der Waals surface area contributed by atoms with E-state index in [4.69, 9.17) is 0 Å². The maximum atomic E-state index is 12.8. The zero-order valence-electron chi connectivity index (χ0n) is 16.7. The summed E-state index contributed by atoms with van der Waals surface area (Å²) in [5, 5.41) is 2.94. The molecule has 1 aliphatic heterocycles. The molecule has 0 saturated carbocycles. The highest BCUT2D eigenvalue weighted by Gasteiger charge is 2.29. The lowest BCUT2D eigenvalue weighted by molar-refractivity contribution is -0.127. The molecule has 7 nitrogen and oxygen atoms in total. The number of nitrogens with zero attached hydrogens (tertiary/aromatic N) is 3. The van der Waals surface area contributed by atoms with E-state index >= 15 is 0 Å². The van der Waals surface area contributed by atoms with E-state index in [0.717, 1.165) is 12.8 Å². The molecular formula is C20H30N4O3. The van der Waals surface area contributed by atoms with Gasteiger partial charge in [0.2, 0.25) is 5.91 Å². The number of ketones is 1. The Morgan fingerprint density at radius 3 is 2.63 bits per heavy atom. The second-order valence-corrected chi connectivity index (χ2v) is 7.73. The van der Waals surface area contributed by atoms with Gasteiger partial charge in [0, 0.05) is 45.7 Å². The van der Waals surface area contributed by atoms with Crippen molar-refractivity contribution in [1.29, 1.82) is 0 Å². The number of carbonyl (C=O) groups is 3. The smallest absolute Gasteiger partial charge is 0.255 e. The molecule has 1 aliphatic rings. The molecule has 2 amide bonds. The molecule has 1 N–H and O–H groups in total. The van der Waals surface area contributed by atoms with Crippen molar-refractivity contribution >= 4 is 23.4 Å². The van der Waals surface area contributed by atoms with Crippen LogP contribution in [0.1, 0.15) is 43.5 Å². The van der Waals surface area contributed by atoms with Crippen molar-refractivity contribution in [2.24, 2.45) is 11.8 Å². The summed E-state index contributed by atoms with van der Waals surface area (Å²) >= 11 is 0. The monoisotopic (exact) mass is 374 g/mol.